The average Bonchev–Trinajstić information content (AvgIpc) is 2.48. The van der Waals surface area contributed by atoms with Crippen LogP contribution in [0.25, 0.3) is 0 Å². The van der Waals surface area contributed by atoms with E-state index in [4.69, 9.17) is 21.1 Å². The molecule has 0 aliphatic heterocycles. The summed E-state index contributed by atoms with van der Waals surface area (Å²) in [7, 11) is 1.55. The third-order valence-electron chi connectivity index (χ3n) is 2.63. The molecule has 0 fully saturated rings. The minimum Gasteiger partial charge on any atom is -0.497 e. The molecule has 0 saturated carbocycles. The van der Waals surface area contributed by atoms with Gasteiger partial charge in [0.1, 0.15) is 12.4 Å². The summed E-state index contributed by atoms with van der Waals surface area (Å²) in [6.45, 7) is 0.209. The molecule has 5 heteroatoms. The van der Waals surface area contributed by atoms with Crippen LogP contribution in [0.4, 0.5) is 10.5 Å². The predicted octanol–water partition coefficient (Wildman–Crippen LogP) is 4.10. The molecule has 0 atom stereocenters. The van der Waals surface area contributed by atoms with Crippen LogP contribution in [-0.4, -0.2) is 13.2 Å². The minimum absolute atomic E-state index is 0.209. The van der Waals surface area contributed by atoms with E-state index in [0.29, 0.717) is 16.5 Å². The summed E-state index contributed by atoms with van der Waals surface area (Å²) in [5, 5.41) is 2.97. The number of methoxy groups -OCH3 is 1. The second-order valence-electron chi connectivity index (χ2n) is 4.03. The Kier molecular flexibility index (Phi) is 4.85. The van der Waals surface area contributed by atoms with Gasteiger partial charge < -0.3 is 9.47 Å². The SMILES string of the molecule is COc1ccc(NC(=O)OCc2ccccc2)c(Cl)c1. The summed E-state index contributed by atoms with van der Waals surface area (Å²) in [5.41, 5.74) is 1.40. The highest BCUT2D eigenvalue weighted by atomic mass is 35.5. The lowest BCUT2D eigenvalue weighted by atomic mass is 10.2. The van der Waals surface area contributed by atoms with Gasteiger partial charge in [0.25, 0.3) is 0 Å². The van der Waals surface area contributed by atoms with Crippen LogP contribution in [0.3, 0.4) is 0 Å². The van der Waals surface area contributed by atoms with Crippen molar-refractivity contribution in [3.05, 3.63) is 59.1 Å². The Hall–Kier alpha value is -2.20. The van der Waals surface area contributed by atoms with Gasteiger partial charge in [-0.3, -0.25) is 5.32 Å². The number of carbonyl (C=O) groups excluding carboxylic acids is 1. The Bertz CT molecular complexity index is 587. The molecule has 1 amide bonds. The van der Waals surface area contributed by atoms with Crippen LogP contribution in [0.2, 0.25) is 5.02 Å². The number of ether oxygens (including phenoxy) is 2. The quantitative estimate of drug-likeness (QED) is 0.922. The summed E-state index contributed by atoms with van der Waals surface area (Å²) in [6.07, 6.45) is -0.555. The summed E-state index contributed by atoms with van der Waals surface area (Å²) in [5.74, 6) is 0.623. The molecule has 20 heavy (non-hydrogen) atoms. The lowest BCUT2D eigenvalue weighted by molar-refractivity contribution is 0.155. The molecule has 0 radical (unpaired) electrons. The second kappa shape index (κ2) is 6.82. The van der Waals surface area contributed by atoms with Gasteiger partial charge in [-0.2, -0.15) is 0 Å². The monoisotopic (exact) mass is 291 g/mol. The summed E-state index contributed by atoms with van der Waals surface area (Å²) >= 11 is 6.02. The van der Waals surface area contributed by atoms with Crippen LogP contribution in [0.1, 0.15) is 5.56 Å². The Morgan fingerprint density at radius 1 is 1.20 bits per heavy atom. The number of nitrogens with one attached hydrogen (secondary N) is 1. The van der Waals surface area contributed by atoms with Gasteiger partial charge in [-0.25, -0.2) is 4.79 Å². The van der Waals surface area contributed by atoms with E-state index >= 15 is 0 Å². The molecule has 0 aliphatic rings. The average molecular weight is 292 g/mol. The van der Waals surface area contributed by atoms with E-state index in [-0.39, 0.29) is 6.61 Å². The number of carbonyl (C=O) groups is 1. The first-order chi connectivity index (χ1) is 9.69. The summed E-state index contributed by atoms with van der Waals surface area (Å²) in [6, 6.07) is 14.4. The zero-order chi connectivity index (χ0) is 14.4. The molecule has 0 heterocycles. The van der Waals surface area contributed by atoms with Crippen molar-refractivity contribution in [2.24, 2.45) is 0 Å². The summed E-state index contributed by atoms with van der Waals surface area (Å²) in [4.78, 5) is 11.7. The zero-order valence-corrected chi connectivity index (χ0v) is 11.7. The van der Waals surface area contributed by atoms with Crippen molar-refractivity contribution in [1.29, 1.82) is 0 Å². The Morgan fingerprint density at radius 2 is 1.95 bits per heavy atom. The van der Waals surface area contributed by atoms with Crippen molar-refractivity contribution < 1.29 is 14.3 Å². The highest BCUT2D eigenvalue weighted by Gasteiger charge is 2.08. The Morgan fingerprint density at radius 3 is 2.60 bits per heavy atom. The minimum atomic E-state index is -0.555. The maximum absolute atomic E-state index is 11.7. The molecule has 2 aromatic carbocycles. The number of anilines is 1. The van der Waals surface area contributed by atoms with Crippen LogP contribution in [0.5, 0.6) is 5.75 Å². The van der Waals surface area contributed by atoms with Gasteiger partial charge in [0.2, 0.25) is 0 Å². The van der Waals surface area contributed by atoms with E-state index in [1.165, 1.54) is 0 Å². The van der Waals surface area contributed by atoms with Gasteiger partial charge in [-0.1, -0.05) is 41.9 Å². The third kappa shape index (κ3) is 3.90. The molecule has 0 saturated heterocycles. The van der Waals surface area contributed by atoms with Crippen molar-refractivity contribution in [3.63, 3.8) is 0 Å². The molecular formula is C15H14ClNO3. The first kappa shape index (κ1) is 14.2. The van der Waals surface area contributed by atoms with Gasteiger partial charge in [0.15, 0.2) is 0 Å². The van der Waals surface area contributed by atoms with Gasteiger partial charge in [-0.05, 0) is 17.7 Å². The Balaban J connectivity index is 1.91. The maximum Gasteiger partial charge on any atom is 0.412 e. The molecule has 0 spiro atoms. The number of rotatable bonds is 4. The van der Waals surface area contributed by atoms with Crippen molar-refractivity contribution in [1.82, 2.24) is 0 Å². The molecule has 104 valence electrons. The molecule has 4 nitrogen and oxygen atoms in total. The number of amides is 1. The lowest BCUT2D eigenvalue weighted by Crippen LogP contribution is -2.13. The standard InChI is InChI=1S/C15H14ClNO3/c1-19-12-7-8-14(13(16)9-12)17-15(18)20-10-11-5-3-2-4-6-11/h2-9H,10H2,1H3,(H,17,18). The number of hydrogen-bond acceptors (Lipinski definition) is 3. The first-order valence-corrected chi connectivity index (χ1v) is 6.38. The number of halogens is 1. The van der Waals surface area contributed by atoms with E-state index in [9.17, 15) is 4.79 Å². The molecule has 0 unspecified atom stereocenters. The van der Waals surface area contributed by atoms with E-state index in [2.05, 4.69) is 5.32 Å². The maximum atomic E-state index is 11.7. The van der Waals surface area contributed by atoms with Gasteiger partial charge in [-0.15, -0.1) is 0 Å². The third-order valence-corrected chi connectivity index (χ3v) is 2.94. The van der Waals surface area contributed by atoms with Crippen LogP contribution >= 0.6 is 11.6 Å². The normalized spacial score (nSPS) is 9.90. The van der Waals surface area contributed by atoms with Crippen molar-refractivity contribution >= 4 is 23.4 Å². The molecule has 1 N–H and O–H groups in total. The largest absolute Gasteiger partial charge is 0.497 e. The van der Waals surface area contributed by atoms with Crippen LogP contribution in [0.15, 0.2) is 48.5 Å². The summed E-state index contributed by atoms with van der Waals surface area (Å²) < 4.78 is 10.1. The topological polar surface area (TPSA) is 47.6 Å². The van der Waals surface area contributed by atoms with E-state index in [0.717, 1.165) is 5.56 Å². The van der Waals surface area contributed by atoms with Gasteiger partial charge in [0, 0.05) is 6.07 Å². The zero-order valence-electron chi connectivity index (χ0n) is 10.9. The highest BCUT2D eigenvalue weighted by molar-refractivity contribution is 6.33. The fourth-order valence-corrected chi connectivity index (χ4v) is 1.81. The van der Waals surface area contributed by atoms with Crippen molar-refractivity contribution in [2.45, 2.75) is 6.61 Å². The molecular weight excluding hydrogens is 278 g/mol. The van der Waals surface area contributed by atoms with Crippen LogP contribution < -0.4 is 10.1 Å². The van der Waals surface area contributed by atoms with Crippen molar-refractivity contribution in [3.8, 4) is 5.75 Å². The predicted molar refractivity (Wildman–Crippen MR) is 78.3 cm³/mol. The molecule has 2 rings (SSSR count). The molecule has 0 aromatic heterocycles. The molecule has 0 bridgehead atoms. The van der Waals surface area contributed by atoms with E-state index in [1.807, 2.05) is 30.3 Å². The van der Waals surface area contributed by atoms with E-state index in [1.54, 1.807) is 25.3 Å². The van der Waals surface area contributed by atoms with Crippen molar-refractivity contribution in [2.75, 3.05) is 12.4 Å². The second-order valence-corrected chi connectivity index (χ2v) is 4.44. The van der Waals surface area contributed by atoms with E-state index < -0.39 is 6.09 Å². The smallest absolute Gasteiger partial charge is 0.412 e. The van der Waals surface area contributed by atoms with Crippen LogP contribution in [-0.2, 0) is 11.3 Å². The molecule has 2 aromatic rings. The highest BCUT2D eigenvalue weighted by Crippen LogP contribution is 2.26. The number of benzene rings is 2. The fourth-order valence-electron chi connectivity index (χ4n) is 1.59. The fraction of sp³-hybridized carbons (Fsp3) is 0.133. The molecule has 0 aliphatic carbocycles. The van der Waals surface area contributed by atoms with Crippen LogP contribution in [0, 0.1) is 0 Å². The Labute approximate surface area is 122 Å². The van der Waals surface area contributed by atoms with Gasteiger partial charge in [0.05, 0.1) is 17.8 Å². The van der Waals surface area contributed by atoms with Gasteiger partial charge >= 0.3 is 6.09 Å². The first-order valence-electron chi connectivity index (χ1n) is 6.00. The lowest BCUT2D eigenvalue weighted by Gasteiger charge is -2.09. The number of hydrogen-bond donors (Lipinski definition) is 1.